The summed E-state index contributed by atoms with van der Waals surface area (Å²) in [6.45, 7) is 4.50. The first-order chi connectivity index (χ1) is 20.5. The van der Waals surface area contributed by atoms with Crippen LogP contribution >= 0.6 is 0 Å². The predicted octanol–water partition coefficient (Wildman–Crippen LogP) is 4.70. The molecule has 11 heteroatoms. The Balaban J connectivity index is 0.901. The van der Waals surface area contributed by atoms with Gasteiger partial charge in [0.1, 0.15) is 17.5 Å². The molecule has 1 aromatic carbocycles. The SMILES string of the molecule is NC1C=CC(OC2CN(C(=O)C3CCC(CN4CC5(CCN(Cc6ccc(C(F)(F)F)cc6)CC5)OC4=O)CC3)C2)=CC1. The second kappa shape index (κ2) is 12.1. The molecule has 3 heterocycles. The second-order valence-corrected chi connectivity index (χ2v) is 13.0. The molecule has 3 aliphatic heterocycles. The van der Waals surface area contributed by atoms with Gasteiger partial charge in [0.15, 0.2) is 0 Å². The van der Waals surface area contributed by atoms with Crippen LogP contribution in [0.2, 0.25) is 0 Å². The third-order valence-electron chi connectivity index (χ3n) is 9.73. The highest BCUT2D eigenvalue weighted by atomic mass is 19.4. The first-order valence-electron chi connectivity index (χ1n) is 15.5. The Morgan fingerprint density at radius 2 is 1.77 bits per heavy atom. The number of nitrogens with two attached hydrogens (primary N) is 1. The van der Waals surface area contributed by atoms with Crippen molar-refractivity contribution in [2.24, 2.45) is 17.6 Å². The van der Waals surface area contributed by atoms with Gasteiger partial charge in [0.2, 0.25) is 5.91 Å². The fourth-order valence-electron chi connectivity index (χ4n) is 7.02. The van der Waals surface area contributed by atoms with Gasteiger partial charge in [-0.3, -0.25) is 9.69 Å². The molecule has 3 saturated heterocycles. The van der Waals surface area contributed by atoms with E-state index in [0.29, 0.717) is 51.5 Å². The van der Waals surface area contributed by atoms with Gasteiger partial charge in [0, 0.05) is 51.0 Å². The van der Waals surface area contributed by atoms with Crippen molar-refractivity contribution in [3.8, 4) is 0 Å². The molecule has 4 fully saturated rings. The van der Waals surface area contributed by atoms with E-state index >= 15 is 0 Å². The van der Waals surface area contributed by atoms with Gasteiger partial charge in [-0.25, -0.2) is 4.79 Å². The number of rotatable bonds is 7. The van der Waals surface area contributed by atoms with Crippen molar-refractivity contribution < 1.29 is 32.2 Å². The van der Waals surface area contributed by atoms with E-state index in [1.165, 1.54) is 12.1 Å². The molecular weight excluding hydrogens is 561 g/mol. The Morgan fingerprint density at radius 3 is 2.40 bits per heavy atom. The maximum atomic E-state index is 13.1. The van der Waals surface area contributed by atoms with Gasteiger partial charge in [0.25, 0.3) is 0 Å². The van der Waals surface area contributed by atoms with Crippen molar-refractivity contribution in [3.63, 3.8) is 0 Å². The average molecular weight is 603 g/mol. The molecule has 2 amide bonds. The number of piperidine rings is 1. The number of amides is 2. The summed E-state index contributed by atoms with van der Waals surface area (Å²) in [5.74, 6) is 1.45. The maximum absolute atomic E-state index is 13.1. The lowest BCUT2D eigenvalue weighted by Gasteiger charge is -2.42. The normalized spacial score (nSPS) is 28.0. The van der Waals surface area contributed by atoms with Gasteiger partial charge in [-0.15, -0.1) is 0 Å². The standard InChI is InChI=1S/C32H41F3N4O4/c33-32(34,35)25-7-3-22(4-8-25)17-37-15-13-31(14-16-37)21-39(30(41)43-31)18-23-1-5-24(6-2-23)29(40)38-19-28(20-38)42-27-11-9-26(36)10-12-27/h3-4,7-9,11-12,23-24,26,28H,1-2,5-6,10,13-21,36H2. The van der Waals surface area contributed by atoms with Crippen LogP contribution in [0.25, 0.3) is 0 Å². The van der Waals surface area contributed by atoms with Crippen LogP contribution in [0, 0.1) is 11.8 Å². The molecule has 2 N–H and O–H groups in total. The predicted molar refractivity (Wildman–Crippen MR) is 153 cm³/mol. The number of alkyl halides is 3. The Bertz CT molecular complexity index is 1230. The van der Waals surface area contributed by atoms with Gasteiger partial charge in [-0.2, -0.15) is 13.2 Å². The monoisotopic (exact) mass is 602 g/mol. The van der Waals surface area contributed by atoms with Crippen molar-refractivity contribution in [1.29, 1.82) is 0 Å². The molecule has 8 nitrogen and oxygen atoms in total. The van der Waals surface area contributed by atoms with Crippen molar-refractivity contribution in [2.45, 2.75) is 75.4 Å². The van der Waals surface area contributed by atoms with E-state index < -0.39 is 17.3 Å². The van der Waals surface area contributed by atoms with Gasteiger partial charge >= 0.3 is 12.3 Å². The lowest BCUT2D eigenvalue weighted by molar-refractivity contribution is -0.148. The smallest absolute Gasteiger partial charge is 0.416 e. The van der Waals surface area contributed by atoms with Crippen LogP contribution in [0.15, 0.2) is 48.3 Å². The fraction of sp³-hybridized carbons (Fsp3) is 0.625. The summed E-state index contributed by atoms with van der Waals surface area (Å²) in [4.78, 5) is 31.8. The Labute approximate surface area is 250 Å². The van der Waals surface area contributed by atoms with Crippen LogP contribution < -0.4 is 5.73 Å². The number of halogens is 3. The maximum Gasteiger partial charge on any atom is 0.416 e. The molecule has 2 aliphatic carbocycles. The van der Waals surface area contributed by atoms with Crippen LogP contribution in [0.5, 0.6) is 0 Å². The fourth-order valence-corrected chi connectivity index (χ4v) is 7.02. The summed E-state index contributed by atoms with van der Waals surface area (Å²) >= 11 is 0. The molecule has 0 bridgehead atoms. The van der Waals surface area contributed by atoms with Crippen LogP contribution in [0.3, 0.4) is 0 Å². The zero-order valence-electron chi connectivity index (χ0n) is 24.4. The molecular formula is C32H41F3N4O4. The number of hydrogen-bond acceptors (Lipinski definition) is 6. The zero-order chi connectivity index (χ0) is 30.2. The number of ether oxygens (including phenoxy) is 2. The highest BCUT2D eigenvalue weighted by Gasteiger charge is 2.47. The molecule has 43 heavy (non-hydrogen) atoms. The summed E-state index contributed by atoms with van der Waals surface area (Å²) in [5.41, 5.74) is 5.57. The molecule has 1 atom stereocenters. The van der Waals surface area contributed by atoms with Crippen molar-refractivity contribution >= 4 is 12.0 Å². The van der Waals surface area contributed by atoms with E-state index in [0.717, 1.165) is 68.6 Å². The summed E-state index contributed by atoms with van der Waals surface area (Å²) in [7, 11) is 0. The van der Waals surface area contributed by atoms with E-state index in [9.17, 15) is 22.8 Å². The molecule has 0 radical (unpaired) electrons. The zero-order valence-corrected chi connectivity index (χ0v) is 24.4. The van der Waals surface area contributed by atoms with Crippen molar-refractivity contribution in [3.05, 3.63) is 59.4 Å². The summed E-state index contributed by atoms with van der Waals surface area (Å²) in [6.07, 6.45) is 6.99. The number of likely N-dealkylation sites (tertiary alicyclic amines) is 2. The molecule has 1 aromatic rings. The first kappa shape index (κ1) is 30.0. The van der Waals surface area contributed by atoms with Crippen LogP contribution in [0.4, 0.5) is 18.0 Å². The molecule has 234 valence electrons. The highest BCUT2D eigenvalue weighted by Crippen LogP contribution is 2.37. The van der Waals surface area contributed by atoms with E-state index in [1.807, 2.05) is 28.0 Å². The van der Waals surface area contributed by atoms with Crippen LogP contribution in [-0.4, -0.2) is 83.7 Å². The van der Waals surface area contributed by atoms with Gasteiger partial charge in [-0.05, 0) is 67.9 Å². The van der Waals surface area contributed by atoms with E-state index in [2.05, 4.69) is 4.90 Å². The van der Waals surface area contributed by atoms with Gasteiger partial charge in [0.05, 0.1) is 25.2 Å². The number of nitrogens with zero attached hydrogens (tertiary/aromatic N) is 3. The minimum atomic E-state index is -4.33. The number of carbonyl (C=O) groups excluding carboxylic acids is 2. The minimum Gasteiger partial charge on any atom is -0.487 e. The quantitative estimate of drug-likeness (QED) is 0.487. The van der Waals surface area contributed by atoms with Crippen LogP contribution in [0.1, 0.15) is 56.1 Å². The molecule has 1 spiro atoms. The van der Waals surface area contributed by atoms with Gasteiger partial charge < -0.3 is 25.0 Å². The van der Waals surface area contributed by atoms with Crippen molar-refractivity contribution in [1.82, 2.24) is 14.7 Å². The van der Waals surface area contributed by atoms with Crippen molar-refractivity contribution in [2.75, 3.05) is 39.3 Å². The topological polar surface area (TPSA) is 88.3 Å². The van der Waals surface area contributed by atoms with E-state index in [-0.39, 0.29) is 30.1 Å². The third kappa shape index (κ3) is 7.03. The third-order valence-corrected chi connectivity index (χ3v) is 9.73. The highest BCUT2D eigenvalue weighted by molar-refractivity contribution is 5.79. The lowest BCUT2D eigenvalue weighted by Crippen LogP contribution is -2.56. The number of benzene rings is 1. The van der Waals surface area contributed by atoms with Gasteiger partial charge in [-0.1, -0.05) is 18.2 Å². The minimum absolute atomic E-state index is 0.0369. The first-order valence-corrected chi connectivity index (χ1v) is 15.5. The molecule has 0 aromatic heterocycles. The molecule has 5 aliphatic rings. The lowest BCUT2D eigenvalue weighted by atomic mass is 9.80. The Hall–Kier alpha value is -3.05. The average Bonchev–Trinajstić information content (AvgIpc) is 3.26. The summed E-state index contributed by atoms with van der Waals surface area (Å²) in [5, 5.41) is 0. The summed E-state index contributed by atoms with van der Waals surface area (Å²) < 4.78 is 50.5. The Morgan fingerprint density at radius 1 is 1.07 bits per heavy atom. The molecule has 6 rings (SSSR count). The number of hydrogen-bond donors (Lipinski definition) is 1. The van der Waals surface area contributed by atoms with Crippen LogP contribution in [-0.2, 0) is 27.0 Å². The Kier molecular flexibility index (Phi) is 8.48. The molecule has 1 unspecified atom stereocenters. The summed E-state index contributed by atoms with van der Waals surface area (Å²) in [6, 6.07) is 5.37. The number of allylic oxidation sites excluding steroid dienone is 1. The van der Waals surface area contributed by atoms with E-state index in [4.69, 9.17) is 15.2 Å². The second-order valence-electron chi connectivity index (χ2n) is 13.0. The molecule has 1 saturated carbocycles. The number of carbonyl (C=O) groups is 2. The largest absolute Gasteiger partial charge is 0.487 e. The van der Waals surface area contributed by atoms with E-state index in [1.54, 1.807) is 0 Å².